The fraction of sp³-hybridized carbons (Fsp3) is 0.500. The Hall–Kier alpha value is -1.67. The van der Waals surface area contributed by atoms with E-state index in [9.17, 15) is 18.0 Å². The molecule has 0 aromatic carbocycles. The number of esters is 1. The van der Waals surface area contributed by atoms with Gasteiger partial charge in [-0.15, -0.1) is 0 Å². The maximum atomic E-state index is 12.2. The van der Waals surface area contributed by atoms with E-state index in [4.69, 9.17) is 16.3 Å². The number of carbonyl (C=O) groups excluding carboxylic acids is 2. The second-order valence-electron chi connectivity index (χ2n) is 5.15. The third-order valence-electron chi connectivity index (χ3n) is 3.62. The van der Waals surface area contributed by atoms with Crippen molar-refractivity contribution in [2.24, 2.45) is 0 Å². The van der Waals surface area contributed by atoms with Gasteiger partial charge in [-0.3, -0.25) is 4.79 Å². The molecule has 1 atom stereocenters. The zero-order chi connectivity index (χ0) is 17.0. The molecule has 0 radical (unpaired) electrons. The summed E-state index contributed by atoms with van der Waals surface area (Å²) in [6.07, 6.45) is 1.84. The molecule has 1 aliphatic heterocycles. The lowest BCUT2D eigenvalue weighted by molar-refractivity contribution is -0.136. The maximum Gasteiger partial charge on any atom is 0.341 e. The molecule has 9 heteroatoms. The summed E-state index contributed by atoms with van der Waals surface area (Å²) in [5.41, 5.74) is 0.0773. The lowest BCUT2D eigenvalue weighted by Crippen LogP contribution is -2.43. The van der Waals surface area contributed by atoms with Gasteiger partial charge in [-0.05, 0) is 25.5 Å². The largest absolute Gasteiger partial charge is 0.452 e. The van der Waals surface area contributed by atoms with Crippen LogP contribution in [0.4, 0.5) is 0 Å². The van der Waals surface area contributed by atoms with E-state index >= 15 is 0 Å². The molecule has 1 aromatic heterocycles. The maximum absolute atomic E-state index is 12.2. The van der Waals surface area contributed by atoms with E-state index in [0.717, 1.165) is 0 Å². The van der Waals surface area contributed by atoms with Gasteiger partial charge in [0.05, 0.1) is 17.1 Å². The quantitative estimate of drug-likeness (QED) is 0.572. The third kappa shape index (κ3) is 4.42. The Bertz CT molecular complexity index is 707. The molecule has 0 spiro atoms. The van der Waals surface area contributed by atoms with Crippen molar-refractivity contribution in [3.63, 3.8) is 0 Å². The second-order valence-corrected chi connectivity index (χ2v) is 7.74. The molecule has 0 unspecified atom stereocenters. The normalized spacial score (nSPS) is 19.3. The van der Waals surface area contributed by atoms with Crippen LogP contribution in [0.1, 0.15) is 23.7 Å². The molecule has 7 nitrogen and oxygen atoms in total. The monoisotopic (exact) mass is 360 g/mol. The summed E-state index contributed by atoms with van der Waals surface area (Å²) in [5.74, 6) is -1.14. The molecule has 0 saturated carbocycles. The van der Waals surface area contributed by atoms with E-state index in [-0.39, 0.29) is 28.3 Å². The number of pyridine rings is 1. The van der Waals surface area contributed by atoms with E-state index in [2.05, 4.69) is 4.98 Å². The summed E-state index contributed by atoms with van der Waals surface area (Å²) >= 11 is 5.79. The predicted molar refractivity (Wildman–Crippen MR) is 84.0 cm³/mol. The van der Waals surface area contributed by atoms with Gasteiger partial charge in [-0.25, -0.2) is 18.2 Å². The number of hydrogen-bond donors (Lipinski definition) is 0. The third-order valence-corrected chi connectivity index (χ3v) is 5.67. The molecule has 1 saturated heterocycles. The highest BCUT2D eigenvalue weighted by Gasteiger charge is 2.34. The fourth-order valence-electron chi connectivity index (χ4n) is 2.49. The molecule has 126 valence electrons. The van der Waals surface area contributed by atoms with E-state index < -0.39 is 28.3 Å². The molecule has 0 aliphatic carbocycles. The number of likely N-dealkylation sites (N-methyl/N-ethyl adjacent to an activating group) is 1. The zero-order valence-corrected chi connectivity index (χ0v) is 14.1. The Morgan fingerprint density at radius 1 is 1.48 bits per heavy atom. The van der Waals surface area contributed by atoms with Crippen molar-refractivity contribution in [2.45, 2.75) is 19.4 Å². The molecule has 1 aromatic rings. The van der Waals surface area contributed by atoms with Crippen molar-refractivity contribution in [2.75, 3.05) is 24.7 Å². The van der Waals surface area contributed by atoms with E-state index in [0.29, 0.717) is 13.0 Å². The van der Waals surface area contributed by atoms with Gasteiger partial charge in [0, 0.05) is 18.8 Å². The van der Waals surface area contributed by atoms with Crippen molar-refractivity contribution in [1.82, 2.24) is 9.88 Å². The standard InChI is InChI=1S/C14H17ClN2O5S/c1-2-17(10-5-7-23(20,21)9-10)12(18)8-22-14(19)11-4-3-6-16-13(11)15/h3-4,6,10H,2,5,7-9H2,1H3/t10-/m0/s1. The SMILES string of the molecule is CCN(C(=O)COC(=O)c1cccnc1Cl)[C@H]1CCS(=O)(=O)C1. The average Bonchev–Trinajstić information content (AvgIpc) is 2.86. The summed E-state index contributed by atoms with van der Waals surface area (Å²) < 4.78 is 28.0. The molecular weight excluding hydrogens is 344 g/mol. The van der Waals surface area contributed by atoms with Crippen molar-refractivity contribution in [1.29, 1.82) is 0 Å². The van der Waals surface area contributed by atoms with Crippen molar-refractivity contribution in [3.8, 4) is 0 Å². The van der Waals surface area contributed by atoms with Crippen molar-refractivity contribution in [3.05, 3.63) is 29.0 Å². The molecular formula is C14H17ClN2O5S. The second kappa shape index (κ2) is 7.27. The van der Waals surface area contributed by atoms with Gasteiger partial charge in [-0.1, -0.05) is 11.6 Å². The smallest absolute Gasteiger partial charge is 0.341 e. The molecule has 1 aliphatic rings. The highest BCUT2D eigenvalue weighted by molar-refractivity contribution is 7.91. The number of amides is 1. The lowest BCUT2D eigenvalue weighted by atomic mass is 10.2. The number of halogens is 1. The Morgan fingerprint density at radius 3 is 2.78 bits per heavy atom. The van der Waals surface area contributed by atoms with Crippen LogP contribution in [0.15, 0.2) is 18.3 Å². The first-order valence-corrected chi connectivity index (χ1v) is 9.31. The number of sulfone groups is 1. The average molecular weight is 361 g/mol. The molecule has 0 bridgehead atoms. The number of hydrogen-bond acceptors (Lipinski definition) is 6. The van der Waals surface area contributed by atoms with Crippen LogP contribution in [-0.4, -0.2) is 60.9 Å². The molecule has 0 N–H and O–H groups in total. The van der Waals surface area contributed by atoms with Crippen molar-refractivity contribution >= 4 is 33.3 Å². The Balaban J connectivity index is 1.95. The van der Waals surface area contributed by atoms with Crippen LogP contribution in [0.3, 0.4) is 0 Å². The van der Waals surface area contributed by atoms with Gasteiger partial charge in [0.2, 0.25) is 0 Å². The fourth-order valence-corrected chi connectivity index (χ4v) is 4.41. The summed E-state index contributed by atoms with van der Waals surface area (Å²) in [4.78, 5) is 29.3. The van der Waals surface area contributed by atoms with Gasteiger partial charge >= 0.3 is 5.97 Å². The lowest BCUT2D eigenvalue weighted by Gasteiger charge is -2.26. The number of rotatable bonds is 5. The van der Waals surface area contributed by atoms with Gasteiger partial charge < -0.3 is 9.64 Å². The molecule has 2 heterocycles. The van der Waals surface area contributed by atoms with Gasteiger partial charge in [0.25, 0.3) is 5.91 Å². The van der Waals surface area contributed by atoms with Gasteiger partial charge in [0.15, 0.2) is 16.4 Å². The zero-order valence-electron chi connectivity index (χ0n) is 12.6. The van der Waals surface area contributed by atoms with Crippen LogP contribution in [0.2, 0.25) is 5.15 Å². The van der Waals surface area contributed by atoms with Crippen LogP contribution >= 0.6 is 11.6 Å². The number of nitrogens with zero attached hydrogens (tertiary/aromatic N) is 2. The van der Waals surface area contributed by atoms with Crippen molar-refractivity contribution < 1.29 is 22.7 Å². The van der Waals surface area contributed by atoms with Gasteiger partial charge in [0.1, 0.15) is 5.15 Å². The molecule has 23 heavy (non-hydrogen) atoms. The molecule has 2 rings (SSSR count). The van der Waals surface area contributed by atoms with Crippen LogP contribution in [-0.2, 0) is 19.4 Å². The highest BCUT2D eigenvalue weighted by Crippen LogP contribution is 2.18. The minimum absolute atomic E-state index is 0.000757. The van der Waals surface area contributed by atoms with E-state index in [1.807, 2.05) is 0 Å². The van der Waals surface area contributed by atoms with Crippen LogP contribution in [0.5, 0.6) is 0 Å². The summed E-state index contributed by atoms with van der Waals surface area (Å²) in [6, 6.07) is 2.62. The summed E-state index contributed by atoms with van der Waals surface area (Å²) in [5, 5.41) is -0.000757. The minimum Gasteiger partial charge on any atom is -0.452 e. The topological polar surface area (TPSA) is 93.6 Å². The summed E-state index contributed by atoms with van der Waals surface area (Å²) in [7, 11) is -3.09. The first-order valence-electron chi connectivity index (χ1n) is 7.11. The number of aromatic nitrogens is 1. The Kier molecular flexibility index (Phi) is 5.59. The summed E-state index contributed by atoms with van der Waals surface area (Å²) in [6.45, 7) is 1.64. The van der Waals surface area contributed by atoms with Crippen LogP contribution in [0, 0.1) is 0 Å². The Labute approximate surface area is 139 Å². The molecule has 1 amide bonds. The predicted octanol–water partition coefficient (Wildman–Crippen LogP) is 0.927. The van der Waals surface area contributed by atoms with Crippen LogP contribution < -0.4 is 0 Å². The molecule has 1 fully saturated rings. The van der Waals surface area contributed by atoms with Gasteiger partial charge in [-0.2, -0.15) is 0 Å². The number of carbonyl (C=O) groups is 2. The van der Waals surface area contributed by atoms with Crippen LogP contribution in [0.25, 0.3) is 0 Å². The number of ether oxygens (including phenoxy) is 1. The minimum atomic E-state index is -3.09. The first-order chi connectivity index (χ1) is 10.8. The van der Waals surface area contributed by atoms with E-state index in [1.165, 1.54) is 23.2 Å². The highest BCUT2D eigenvalue weighted by atomic mass is 35.5. The first kappa shape index (κ1) is 17.7. The Morgan fingerprint density at radius 2 is 2.22 bits per heavy atom. The van der Waals surface area contributed by atoms with E-state index in [1.54, 1.807) is 6.92 Å².